The predicted molar refractivity (Wildman–Crippen MR) is 66.5 cm³/mol. The van der Waals surface area contributed by atoms with Crippen molar-refractivity contribution < 1.29 is 9.13 Å². The number of aromatic nitrogens is 1. The smallest absolute Gasteiger partial charge is 0.165 e. The van der Waals surface area contributed by atoms with Crippen LogP contribution in [0.25, 0.3) is 11.3 Å². The van der Waals surface area contributed by atoms with Crippen molar-refractivity contribution in [2.45, 2.75) is 6.92 Å². The maximum atomic E-state index is 13.5. The summed E-state index contributed by atoms with van der Waals surface area (Å²) in [7, 11) is 1.45. The molecule has 0 saturated carbocycles. The van der Waals surface area contributed by atoms with Gasteiger partial charge in [-0.2, -0.15) is 0 Å². The van der Waals surface area contributed by atoms with E-state index < -0.39 is 0 Å². The van der Waals surface area contributed by atoms with Gasteiger partial charge in [0.05, 0.1) is 21.6 Å². The number of aryl methyl sites for hydroxylation is 1. The molecule has 0 radical (unpaired) electrons. The topological polar surface area (TPSA) is 22.1 Å². The van der Waals surface area contributed by atoms with Gasteiger partial charge < -0.3 is 4.74 Å². The molecule has 1 aromatic heterocycles. The van der Waals surface area contributed by atoms with Crippen LogP contribution in [0.15, 0.2) is 22.0 Å². The third-order valence-corrected chi connectivity index (χ3v) is 3.74. The molecule has 0 bridgehead atoms. The normalized spacial score (nSPS) is 10.5. The summed E-state index contributed by atoms with van der Waals surface area (Å²) in [5.74, 6) is -0.135. The van der Waals surface area contributed by atoms with Gasteiger partial charge in [-0.3, -0.25) is 0 Å². The summed E-state index contributed by atoms with van der Waals surface area (Å²) in [5.41, 5.74) is 1.51. The predicted octanol–water partition coefficient (Wildman–Crippen LogP) is 4.03. The Hall–Kier alpha value is -0.940. The van der Waals surface area contributed by atoms with Crippen molar-refractivity contribution in [1.82, 2.24) is 4.98 Å². The van der Waals surface area contributed by atoms with Crippen LogP contribution in [0.3, 0.4) is 0 Å². The zero-order valence-electron chi connectivity index (χ0n) is 8.75. The molecule has 2 nitrogen and oxygen atoms in total. The molecule has 0 aliphatic carbocycles. The monoisotopic (exact) mass is 301 g/mol. The SMILES string of the molecule is COc1ccc(-c2nc(C)sc2Br)cc1F. The molecule has 0 saturated heterocycles. The molecule has 0 fully saturated rings. The highest BCUT2D eigenvalue weighted by atomic mass is 79.9. The molecule has 0 aliphatic heterocycles. The van der Waals surface area contributed by atoms with Crippen LogP contribution in [0.4, 0.5) is 4.39 Å². The van der Waals surface area contributed by atoms with E-state index in [4.69, 9.17) is 4.74 Å². The Labute approximate surface area is 105 Å². The van der Waals surface area contributed by atoms with Gasteiger partial charge in [0, 0.05) is 5.56 Å². The highest BCUT2D eigenvalue weighted by Crippen LogP contribution is 2.34. The van der Waals surface area contributed by atoms with Crippen LogP contribution >= 0.6 is 27.3 Å². The fourth-order valence-corrected chi connectivity index (χ4v) is 3.07. The average molecular weight is 302 g/mol. The Bertz CT molecular complexity index is 527. The van der Waals surface area contributed by atoms with E-state index in [1.807, 2.05) is 6.92 Å². The molecular formula is C11H9BrFNOS. The first-order valence-corrected chi connectivity index (χ1v) is 6.19. The van der Waals surface area contributed by atoms with Gasteiger partial charge in [-0.25, -0.2) is 9.37 Å². The van der Waals surface area contributed by atoms with Crippen LogP contribution in [-0.4, -0.2) is 12.1 Å². The van der Waals surface area contributed by atoms with E-state index in [2.05, 4.69) is 20.9 Å². The highest BCUT2D eigenvalue weighted by Gasteiger charge is 2.11. The average Bonchev–Trinajstić information content (AvgIpc) is 2.58. The van der Waals surface area contributed by atoms with Crippen LogP contribution in [0, 0.1) is 12.7 Å². The first kappa shape index (κ1) is 11.5. The van der Waals surface area contributed by atoms with Crippen molar-refractivity contribution in [2.24, 2.45) is 0 Å². The molecule has 0 spiro atoms. The standard InChI is InChI=1S/C11H9BrFNOS/c1-6-14-10(11(12)16-6)7-3-4-9(15-2)8(13)5-7/h3-5H,1-2H3. The van der Waals surface area contributed by atoms with Gasteiger partial charge in [0.25, 0.3) is 0 Å². The van der Waals surface area contributed by atoms with Crippen LogP contribution in [0.5, 0.6) is 5.75 Å². The molecule has 0 amide bonds. The lowest BCUT2D eigenvalue weighted by molar-refractivity contribution is 0.386. The van der Waals surface area contributed by atoms with Crippen LogP contribution in [0.2, 0.25) is 0 Å². The van der Waals surface area contributed by atoms with Gasteiger partial charge >= 0.3 is 0 Å². The van der Waals surface area contributed by atoms with E-state index in [0.29, 0.717) is 0 Å². The van der Waals surface area contributed by atoms with E-state index in [-0.39, 0.29) is 11.6 Å². The lowest BCUT2D eigenvalue weighted by Crippen LogP contribution is -1.89. The Kier molecular flexibility index (Phi) is 3.25. The van der Waals surface area contributed by atoms with Gasteiger partial charge in [-0.1, -0.05) is 0 Å². The number of hydrogen-bond donors (Lipinski definition) is 0. The van der Waals surface area contributed by atoms with Gasteiger partial charge in [0.15, 0.2) is 11.6 Å². The molecule has 5 heteroatoms. The summed E-state index contributed by atoms with van der Waals surface area (Å²) in [5, 5.41) is 0.943. The maximum absolute atomic E-state index is 13.5. The van der Waals surface area contributed by atoms with Crippen LogP contribution in [0.1, 0.15) is 5.01 Å². The van der Waals surface area contributed by atoms with Gasteiger partial charge in [-0.15, -0.1) is 11.3 Å². The van der Waals surface area contributed by atoms with E-state index in [1.54, 1.807) is 12.1 Å². The first-order chi connectivity index (χ1) is 7.61. The molecule has 0 unspecified atom stereocenters. The fourth-order valence-electron chi connectivity index (χ4n) is 1.39. The van der Waals surface area contributed by atoms with E-state index in [9.17, 15) is 4.39 Å². The lowest BCUT2D eigenvalue weighted by atomic mass is 10.1. The van der Waals surface area contributed by atoms with Gasteiger partial charge in [0.1, 0.15) is 0 Å². The second-order valence-corrected chi connectivity index (χ2v) is 5.73. The second-order valence-electron chi connectivity index (χ2n) is 3.20. The van der Waals surface area contributed by atoms with E-state index >= 15 is 0 Å². The number of thiazole rings is 1. The molecule has 0 atom stereocenters. The number of hydrogen-bond acceptors (Lipinski definition) is 3. The molecule has 0 aliphatic rings. The van der Waals surface area contributed by atoms with Crippen molar-refractivity contribution in [2.75, 3.05) is 7.11 Å². The largest absolute Gasteiger partial charge is 0.494 e. The zero-order valence-corrected chi connectivity index (χ0v) is 11.2. The Balaban J connectivity index is 2.49. The summed E-state index contributed by atoms with van der Waals surface area (Å²) < 4.78 is 19.3. The zero-order chi connectivity index (χ0) is 11.7. The van der Waals surface area contributed by atoms with Gasteiger partial charge in [0.2, 0.25) is 0 Å². The molecule has 2 aromatic rings. The van der Waals surface area contributed by atoms with Crippen molar-refractivity contribution in [1.29, 1.82) is 0 Å². The van der Waals surface area contributed by atoms with Crippen molar-refractivity contribution in [3.05, 3.63) is 32.8 Å². The van der Waals surface area contributed by atoms with Crippen molar-refractivity contribution in [3.63, 3.8) is 0 Å². The third-order valence-electron chi connectivity index (χ3n) is 2.12. The Morgan fingerprint density at radius 1 is 1.44 bits per heavy atom. The quantitative estimate of drug-likeness (QED) is 0.835. The highest BCUT2D eigenvalue weighted by molar-refractivity contribution is 9.11. The van der Waals surface area contributed by atoms with E-state index in [0.717, 1.165) is 20.1 Å². The minimum absolute atomic E-state index is 0.242. The van der Waals surface area contributed by atoms with E-state index in [1.165, 1.54) is 24.5 Å². The summed E-state index contributed by atoms with van der Waals surface area (Å²) in [6.07, 6.45) is 0. The number of benzene rings is 1. The third kappa shape index (κ3) is 2.10. The number of nitrogens with zero attached hydrogens (tertiary/aromatic N) is 1. The minimum Gasteiger partial charge on any atom is -0.494 e. The summed E-state index contributed by atoms with van der Waals surface area (Å²) >= 11 is 4.95. The number of methoxy groups -OCH3 is 1. The second kappa shape index (κ2) is 4.51. The Morgan fingerprint density at radius 2 is 2.19 bits per heavy atom. The van der Waals surface area contributed by atoms with Crippen LogP contribution in [-0.2, 0) is 0 Å². The summed E-state index contributed by atoms with van der Waals surface area (Å²) in [4.78, 5) is 4.34. The van der Waals surface area contributed by atoms with Crippen LogP contribution < -0.4 is 4.74 Å². The van der Waals surface area contributed by atoms with Gasteiger partial charge in [-0.05, 0) is 41.1 Å². The maximum Gasteiger partial charge on any atom is 0.165 e. The number of halogens is 2. The number of ether oxygens (including phenoxy) is 1. The molecule has 2 rings (SSSR count). The Morgan fingerprint density at radius 3 is 2.69 bits per heavy atom. The molecule has 84 valence electrons. The number of rotatable bonds is 2. The molecule has 1 heterocycles. The fraction of sp³-hybridized carbons (Fsp3) is 0.182. The van der Waals surface area contributed by atoms with Crippen molar-refractivity contribution >= 4 is 27.3 Å². The molecule has 0 N–H and O–H groups in total. The summed E-state index contributed by atoms with van der Waals surface area (Å²) in [6.45, 7) is 1.92. The lowest BCUT2D eigenvalue weighted by Gasteiger charge is -2.03. The summed E-state index contributed by atoms with van der Waals surface area (Å²) in [6, 6.07) is 4.82. The molecule has 1 aromatic carbocycles. The molecule has 16 heavy (non-hydrogen) atoms. The van der Waals surface area contributed by atoms with Crippen molar-refractivity contribution in [3.8, 4) is 17.0 Å². The molecular weight excluding hydrogens is 293 g/mol. The first-order valence-electron chi connectivity index (χ1n) is 4.58. The minimum atomic E-state index is -0.377.